The van der Waals surface area contributed by atoms with Gasteiger partial charge >= 0.3 is 0 Å². The number of aryl methyl sites for hydroxylation is 2. The Morgan fingerprint density at radius 1 is 1.04 bits per heavy atom. The van der Waals surface area contributed by atoms with Gasteiger partial charge in [-0.2, -0.15) is 4.98 Å². The summed E-state index contributed by atoms with van der Waals surface area (Å²) in [6, 6.07) is 8.22. The summed E-state index contributed by atoms with van der Waals surface area (Å²) < 4.78 is 5.10. The Hall–Kier alpha value is -2.21. The van der Waals surface area contributed by atoms with E-state index in [2.05, 4.69) is 34.1 Å². The molecular weight excluding hydrogens is 316 g/mol. The Morgan fingerprint density at radius 3 is 2.40 bits per heavy atom. The van der Waals surface area contributed by atoms with E-state index in [9.17, 15) is 4.79 Å². The second kappa shape index (κ2) is 6.59. The van der Waals surface area contributed by atoms with Crippen molar-refractivity contribution in [2.75, 3.05) is 24.5 Å². The average Bonchev–Trinajstić information content (AvgIpc) is 3.22. The zero-order chi connectivity index (χ0) is 17.4. The van der Waals surface area contributed by atoms with Gasteiger partial charge in [-0.1, -0.05) is 22.9 Å². The molecule has 1 aromatic heterocycles. The summed E-state index contributed by atoms with van der Waals surface area (Å²) in [5, 5.41) is 4.06. The molecule has 2 aromatic rings. The fourth-order valence-electron chi connectivity index (χ4n) is 3.93. The highest BCUT2D eigenvalue weighted by Crippen LogP contribution is 2.30. The molecule has 6 nitrogen and oxygen atoms in total. The lowest BCUT2D eigenvalue weighted by atomic mass is 9.95. The number of hydrogen-bond donors (Lipinski definition) is 0. The number of amides is 1. The first-order valence-corrected chi connectivity index (χ1v) is 9.04. The molecule has 6 heteroatoms. The van der Waals surface area contributed by atoms with Gasteiger partial charge in [0.15, 0.2) is 5.82 Å². The SMILES string of the molecule is Cc1ccc(N2CC[C@@H](N3CCC(c4noc(C)n4)CC3)C2=O)cc1. The molecule has 3 heterocycles. The highest BCUT2D eigenvalue weighted by atomic mass is 16.5. The first-order valence-electron chi connectivity index (χ1n) is 9.04. The van der Waals surface area contributed by atoms with Gasteiger partial charge in [0.1, 0.15) is 0 Å². The Labute approximate surface area is 147 Å². The smallest absolute Gasteiger partial charge is 0.244 e. The summed E-state index contributed by atoms with van der Waals surface area (Å²) in [7, 11) is 0. The molecule has 0 unspecified atom stereocenters. The molecule has 2 saturated heterocycles. The lowest BCUT2D eigenvalue weighted by Crippen LogP contribution is -2.45. The molecular formula is C19H24N4O2. The molecule has 0 spiro atoms. The summed E-state index contributed by atoms with van der Waals surface area (Å²) >= 11 is 0. The van der Waals surface area contributed by atoms with Gasteiger partial charge in [-0.15, -0.1) is 0 Å². The number of carbonyl (C=O) groups excluding carboxylic acids is 1. The molecule has 0 N–H and O–H groups in total. The average molecular weight is 340 g/mol. The van der Waals surface area contributed by atoms with Gasteiger partial charge in [0.2, 0.25) is 11.8 Å². The van der Waals surface area contributed by atoms with Crippen molar-refractivity contribution in [2.24, 2.45) is 0 Å². The van der Waals surface area contributed by atoms with Crippen LogP contribution in [0.1, 0.15) is 42.5 Å². The van der Waals surface area contributed by atoms with Crippen LogP contribution in [0.4, 0.5) is 5.69 Å². The third-order valence-corrected chi connectivity index (χ3v) is 5.40. The van der Waals surface area contributed by atoms with E-state index in [-0.39, 0.29) is 11.9 Å². The normalized spacial score (nSPS) is 22.7. The van der Waals surface area contributed by atoms with Crippen LogP contribution in [0, 0.1) is 13.8 Å². The molecule has 0 bridgehead atoms. The Balaban J connectivity index is 1.39. The number of nitrogens with zero attached hydrogens (tertiary/aromatic N) is 4. The third kappa shape index (κ3) is 3.18. The van der Waals surface area contributed by atoms with Crippen LogP contribution < -0.4 is 4.90 Å². The molecule has 0 radical (unpaired) electrons. The Morgan fingerprint density at radius 2 is 1.76 bits per heavy atom. The third-order valence-electron chi connectivity index (χ3n) is 5.40. The molecule has 2 aliphatic rings. The second-order valence-electron chi connectivity index (χ2n) is 7.11. The highest BCUT2D eigenvalue weighted by molar-refractivity contribution is 5.99. The van der Waals surface area contributed by atoms with E-state index in [1.54, 1.807) is 0 Å². The van der Waals surface area contributed by atoms with E-state index >= 15 is 0 Å². The van der Waals surface area contributed by atoms with E-state index in [1.165, 1.54) is 5.56 Å². The second-order valence-corrected chi connectivity index (χ2v) is 7.11. The number of anilines is 1. The molecule has 2 fully saturated rings. The standard InChI is InChI=1S/C19H24N4O2/c1-13-3-5-16(6-4-13)23-12-9-17(19(23)24)22-10-7-15(8-11-22)18-20-14(2)25-21-18/h3-6,15,17H,7-12H2,1-2H3/t17-/m1/s1. The minimum atomic E-state index is 0.00857. The van der Waals surface area contributed by atoms with Crippen molar-refractivity contribution in [1.29, 1.82) is 0 Å². The molecule has 132 valence electrons. The fraction of sp³-hybridized carbons (Fsp3) is 0.526. The lowest BCUT2D eigenvalue weighted by molar-refractivity contribution is -0.122. The number of rotatable bonds is 3. The van der Waals surface area contributed by atoms with Crippen molar-refractivity contribution in [2.45, 2.75) is 45.1 Å². The van der Waals surface area contributed by atoms with Crippen molar-refractivity contribution in [3.05, 3.63) is 41.5 Å². The predicted octanol–water partition coefficient (Wildman–Crippen LogP) is 2.67. The minimum Gasteiger partial charge on any atom is -0.340 e. The van der Waals surface area contributed by atoms with Gasteiger partial charge in [-0.3, -0.25) is 9.69 Å². The van der Waals surface area contributed by atoms with Crippen LogP contribution in [0.3, 0.4) is 0 Å². The van der Waals surface area contributed by atoms with Gasteiger partial charge in [0, 0.05) is 25.1 Å². The van der Waals surface area contributed by atoms with Crippen molar-refractivity contribution in [3.63, 3.8) is 0 Å². The van der Waals surface area contributed by atoms with E-state index < -0.39 is 0 Å². The van der Waals surface area contributed by atoms with Crippen LogP contribution in [0.15, 0.2) is 28.8 Å². The summed E-state index contributed by atoms with van der Waals surface area (Å²) in [5.41, 5.74) is 2.22. The molecule has 1 amide bonds. The number of carbonyl (C=O) groups is 1. The van der Waals surface area contributed by atoms with Crippen molar-refractivity contribution in [1.82, 2.24) is 15.0 Å². The van der Waals surface area contributed by atoms with Crippen LogP contribution in [0.25, 0.3) is 0 Å². The predicted molar refractivity (Wildman–Crippen MR) is 94.5 cm³/mol. The summed E-state index contributed by atoms with van der Waals surface area (Å²) in [5.74, 6) is 2.02. The quantitative estimate of drug-likeness (QED) is 0.860. The van der Waals surface area contributed by atoms with Gasteiger partial charge < -0.3 is 9.42 Å². The van der Waals surface area contributed by atoms with Gasteiger partial charge in [0.25, 0.3) is 0 Å². The molecule has 1 aromatic carbocycles. The number of likely N-dealkylation sites (tertiary alicyclic amines) is 1. The molecule has 2 aliphatic heterocycles. The van der Waals surface area contributed by atoms with Crippen molar-refractivity contribution in [3.8, 4) is 0 Å². The summed E-state index contributed by atoms with van der Waals surface area (Å²) in [6.45, 7) is 6.51. The van der Waals surface area contributed by atoms with Crippen LogP contribution in [-0.4, -0.2) is 46.6 Å². The number of hydrogen-bond acceptors (Lipinski definition) is 5. The minimum absolute atomic E-state index is 0.00857. The van der Waals surface area contributed by atoms with Gasteiger partial charge in [-0.25, -0.2) is 0 Å². The zero-order valence-corrected chi connectivity index (χ0v) is 14.8. The summed E-state index contributed by atoms with van der Waals surface area (Å²) in [4.78, 5) is 21.5. The van der Waals surface area contributed by atoms with Crippen LogP contribution in [0.5, 0.6) is 0 Å². The maximum atomic E-state index is 12.9. The maximum absolute atomic E-state index is 12.9. The number of piperidine rings is 1. The Bertz CT molecular complexity index is 747. The van der Waals surface area contributed by atoms with Crippen molar-refractivity contribution < 1.29 is 9.32 Å². The van der Waals surface area contributed by atoms with Crippen LogP contribution in [0.2, 0.25) is 0 Å². The van der Waals surface area contributed by atoms with Gasteiger partial charge in [-0.05, 0) is 51.4 Å². The van der Waals surface area contributed by atoms with Crippen molar-refractivity contribution >= 4 is 11.6 Å². The number of benzene rings is 1. The van der Waals surface area contributed by atoms with E-state index in [0.29, 0.717) is 11.8 Å². The monoisotopic (exact) mass is 340 g/mol. The lowest BCUT2D eigenvalue weighted by Gasteiger charge is -2.34. The van der Waals surface area contributed by atoms with E-state index in [0.717, 1.165) is 50.4 Å². The topological polar surface area (TPSA) is 62.5 Å². The highest BCUT2D eigenvalue weighted by Gasteiger charge is 2.38. The molecule has 0 aliphatic carbocycles. The van der Waals surface area contributed by atoms with E-state index in [4.69, 9.17) is 4.52 Å². The first kappa shape index (κ1) is 16.3. The van der Waals surface area contributed by atoms with Gasteiger partial charge in [0.05, 0.1) is 6.04 Å². The number of aromatic nitrogens is 2. The molecule has 25 heavy (non-hydrogen) atoms. The maximum Gasteiger partial charge on any atom is 0.244 e. The summed E-state index contributed by atoms with van der Waals surface area (Å²) in [6.07, 6.45) is 2.86. The van der Waals surface area contributed by atoms with Crippen LogP contribution in [-0.2, 0) is 4.79 Å². The Kier molecular flexibility index (Phi) is 4.29. The largest absolute Gasteiger partial charge is 0.340 e. The molecule has 1 atom stereocenters. The zero-order valence-electron chi connectivity index (χ0n) is 14.8. The molecule has 0 saturated carbocycles. The van der Waals surface area contributed by atoms with Crippen LogP contribution >= 0.6 is 0 Å². The van der Waals surface area contributed by atoms with E-state index in [1.807, 2.05) is 24.0 Å². The fourth-order valence-corrected chi connectivity index (χ4v) is 3.93. The first-order chi connectivity index (χ1) is 12.1. The molecule has 4 rings (SSSR count).